The van der Waals surface area contributed by atoms with Crippen LogP contribution in [0.1, 0.15) is 17.5 Å². The van der Waals surface area contributed by atoms with Gasteiger partial charge in [-0.3, -0.25) is 9.59 Å². The van der Waals surface area contributed by atoms with Crippen molar-refractivity contribution in [3.05, 3.63) is 53.7 Å². The van der Waals surface area contributed by atoms with Crippen molar-refractivity contribution < 1.29 is 37.0 Å². The zero-order valence-corrected chi connectivity index (χ0v) is 17.4. The Kier molecular flexibility index (Phi) is 6.92. The van der Waals surface area contributed by atoms with Crippen molar-refractivity contribution in [3.8, 4) is 17.2 Å². The summed E-state index contributed by atoms with van der Waals surface area (Å²) < 4.78 is 51.4. The van der Waals surface area contributed by atoms with Crippen LogP contribution in [0.25, 0.3) is 6.08 Å². The van der Waals surface area contributed by atoms with Gasteiger partial charge in [0.2, 0.25) is 11.8 Å². The molecule has 2 aromatic rings. The summed E-state index contributed by atoms with van der Waals surface area (Å²) in [4.78, 5) is 26.3. The second kappa shape index (κ2) is 9.63. The molecule has 0 saturated heterocycles. The van der Waals surface area contributed by atoms with Gasteiger partial charge in [0.1, 0.15) is 5.75 Å². The molecule has 10 heteroatoms. The third-order valence-electron chi connectivity index (χ3n) is 4.67. The summed E-state index contributed by atoms with van der Waals surface area (Å²) in [6.07, 6.45) is -1.43. The highest BCUT2D eigenvalue weighted by molar-refractivity contribution is 5.91. The number of alkyl halides is 3. The molecule has 0 bridgehead atoms. The average molecular weight is 450 g/mol. The molecular formula is C22H21F3N2O5. The summed E-state index contributed by atoms with van der Waals surface area (Å²) in [5.74, 6) is -0.0597. The average Bonchev–Trinajstić information content (AvgIpc) is 2.87. The Hall–Kier alpha value is -3.69. The Morgan fingerprint density at radius 2 is 1.84 bits per heavy atom. The molecule has 32 heavy (non-hydrogen) atoms. The van der Waals surface area contributed by atoms with Gasteiger partial charge in [-0.25, -0.2) is 0 Å². The van der Waals surface area contributed by atoms with Crippen LogP contribution in [0.15, 0.2) is 42.6 Å². The lowest BCUT2D eigenvalue weighted by atomic mass is 10.0. The van der Waals surface area contributed by atoms with E-state index in [-0.39, 0.29) is 31.0 Å². The number of carbonyl (C=O) groups excluding carboxylic acids is 2. The van der Waals surface area contributed by atoms with Gasteiger partial charge in [-0.1, -0.05) is 6.07 Å². The molecule has 3 rings (SSSR count). The maximum absolute atomic E-state index is 12.6. The number of benzene rings is 2. The lowest BCUT2D eigenvalue weighted by Gasteiger charge is -2.17. The molecule has 1 N–H and O–H groups in total. The summed E-state index contributed by atoms with van der Waals surface area (Å²) in [6.45, 7) is 0.0994. The summed E-state index contributed by atoms with van der Waals surface area (Å²) in [5, 5.41) is 2.50. The molecule has 0 saturated carbocycles. The van der Waals surface area contributed by atoms with Crippen LogP contribution >= 0.6 is 0 Å². The van der Waals surface area contributed by atoms with E-state index in [2.05, 4.69) is 10.1 Å². The zero-order valence-electron chi connectivity index (χ0n) is 17.4. The predicted molar refractivity (Wildman–Crippen MR) is 110 cm³/mol. The van der Waals surface area contributed by atoms with E-state index in [1.54, 1.807) is 24.4 Å². The summed E-state index contributed by atoms with van der Waals surface area (Å²) >= 11 is 0. The number of nitrogens with one attached hydrogen (secondary N) is 1. The Morgan fingerprint density at radius 3 is 2.53 bits per heavy atom. The number of methoxy groups -OCH3 is 2. The minimum Gasteiger partial charge on any atom is -0.493 e. The van der Waals surface area contributed by atoms with Crippen LogP contribution in [-0.2, 0) is 16.0 Å². The Labute approximate surface area is 182 Å². The molecule has 0 aromatic heterocycles. The van der Waals surface area contributed by atoms with E-state index in [1.165, 1.54) is 31.3 Å². The smallest absolute Gasteiger partial charge is 0.493 e. The number of fused-ring (bicyclic) bond motifs is 1. The standard InChI is InChI=1S/C22H21F3N2O5/c1-30-18-10-14-6-8-27(21(29)12-15(14)11-19(18)31-2)9-7-20(28)26-16-4-3-5-17(13-16)32-22(23,24)25/h3-6,8,10-11,13H,7,9,12H2,1-2H3,(H,26,28). The number of ether oxygens (including phenoxy) is 3. The lowest BCUT2D eigenvalue weighted by molar-refractivity contribution is -0.274. The summed E-state index contributed by atoms with van der Waals surface area (Å²) in [5.41, 5.74) is 1.71. The number of nitrogens with zero attached hydrogens (tertiary/aromatic N) is 1. The lowest BCUT2D eigenvalue weighted by Crippen LogP contribution is -2.30. The molecule has 0 fully saturated rings. The number of anilines is 1. The second-order valence-corrected chi connectivity index (χ2v) is 6.86. The van der Waals surface area contributed by atoms with Gasteiger partial charge in [0.15, 0.2) is 11.5 Å². The van der Waals surface area contributed by atoms with Crippen LogP contribution in [0, 0.1) is 0 Å². The van der Waals surface area contributed by atoms with Gasteiger partial charge in [-0.15, -0.1) is 13.2 Å². The fourth-order valence-electron chi connectivity index (χ4n) is 3.18. The first-order valence-corrected chi connectivity index (χ1v) is 9.56. The first-order chi connectivity index (χ1) is 15.2. The minimum absolute atomic E-state index is 0.0522. The number of hydrogen-bond acceptors (Lipinski definition) is 5. The third-order valence-corrected chi connectivity index (χ3v) is 4.67. The first-order valence-electron chi connectivity index (χ1n) is 9.56. The van der Waals surface area contributed by atoms with Gasteiger partial charge in [-0.05, 0) is 41.5 Å². The number of halogens is 3. The van der Waals surface area contributed by atoms with E-state index in [0.717, 1.165) is 23.3 Å². The number of rotatable bonds is 7. The van der Waals surface area contributed by atoms with Crippen LogP contribution < -0.4 is 19.5 Å². The van der Waals surface area contributed by atoms with E-state index in [1.807, 2.05) is 0 Å². The van der Waals surface area contributed by atoms with Crippen molar-refractivity contribution in [2.75, 3.05) is 26.1 Å². The zero-order chi connectivity index (χ0) is 23.3. The van der Waals surface area contributed by atoms with Crippen molar-refractivity contribution in [1.29, 1.82) is 0 Å². The predicted octanol–water partition coefficient (Wildman–Crippen LogP) is 3.99. The SMILES string of the molecule is COc1cc2c(cc1OC)CC(=O)N(CCC(=O)Nc1cccc(OC(F)(F)F)c1)C=C2. The van der Waals surface area contributed by atoms with Crippen molar-refractivity contribution in [2.45, 2.75) is 19.2 Å². The van der Waals surface area contributed by atoms with Crippen molar-refractivity contribution in [3.63, 3.8) is 0 Å². The second-order valence-electron chi connectivity index (χ2n) is 6.86. The van der Waals surface area contributed by atoms with E-state index in [0.29, 0.717) is 11.5 Å². The fraction of sp³-hybridized carbons (Fsp3) is 0.273. The van der Waals surface area contributed by atoms with Crippen LogP contribution in [0.3, 0.4) is 0 Å². The van der Waals surface area contributed by atoms with Gasteiger partial charge >= 0.3 is 6.36 Å². The number of hydrogen-bond donors (Lipinski definition) is 1. The molecule has 2 amide bonds. The van der Waals surface area contributed by atoms with Crippen LogP contribution in [0.4, 0.5) is 18.9 Å². The van der Waals surface area contributed by atoms with Crippen LogP contribution in [0.5, 0.6) is 17.2 Å². The Bertz CT molecular complexity index is 1040. The molecule has 0 atom stereocenters. The maximum Gasteiger partial charge on any atom is 0.573 e. The molecule has 0 aliphatic carbocycles. The maximum atomic E-state index is 12.6. The topological polar surface area (TPSA) is 77.1 Å². The van der Waals surface area contributed by atoms with Gasteiger partial charge in [-0.2, -0.15) is 0 Å². The van der Waals surface area contributed by atoms with E-state index in [9.17, 15) is 22.8 Å². The minimum atomic E-state index is -4.83. The van der Waals surface area contributed by atoms with Gasteiger partial charge in [0.25, 0.3) is 0 Å². The van der Waals surface area contributed by atoms with E-state index in [4.69, 9.17) is 9.47 Å². The molecule has 1 aliphatic rings. The van der Waals surface area contributed by atoms with Gasteiger partial charge < -0.3 is 24.4 Å². The first kappa shape index (κ1) is 23.0. The molecule has 7 nitrogen and oxygen atoms in total. The molecule has 0 unspecified atom stereocenters. The molecule has 0 spiro atoms. The third kappa shape index (κ3) is 5.93. The molecule has 0 radical (unpaired) electrons. The number of carbonyl (C=O) groups is 2. The molecular weight excluding hydrogens is 429 g/mol. The highest BCUT2D eigenvalue weighted by Gasteiger charge is 2.31. The van der Waals surface area contributed by atoms with Crippen molar-refractivity contribution in [2.24, 2.45) is 0 Å². The summed E-state index contributed by atoms with van der Waals surface area (Å²) in [7, 11) is 3.03. The molecule has 1 heterocycles. The Morgan fingerprint density at radius 1 is 1.12 bits per heavy atom. The van der Waals surface area contributed by atoms with E-state index < -0.39 is 18.0 Å². The van der Waals surface area contributed by atoms with Crippen LogP contribution in [-0.4, -0.2) is 43.8 Å². The van der Waals surface area contributed by atoms with Gasteiger partial charge in [0.05, 0.1) is 20.6 Å². The largest absolute Gasteiger partial charge is 0.573 e. The van der Waals surface area contributed by atoms with Crippen molar-refractivity contribution >= 4 is 23.6 Å². The normalized spacial score (nSPS) is 13.3. The highest BCUT2D eigenvalue weighted by Crippen LogP contribution is 2.32. The molecule has 2 aromatic carbocycles. The monoisotopic (exact) mass is 450 g/mol. The quantitative estimate of drug-likeness (QED) is 0.691. The van der Waals surface area contributed by atoms with Crippen molar-refractivity contribution in [1.82, 2.24) is 4.90 Å². The summed E-state index contributed by atoms with van der Waals surface area (Å²) in [6, 6.07) is 8.48. The molecule has 1 aliphatic heterocycles. The fourth-order valence-corrected chi connectivity index (χ4v) is 3.18. The van der Waals surface area contributed by atoms with Crippen LogP contribution in [0.2, 0.25) is 0 Å². The Balaban J connectivity index is 1.62. The number of amides is 2. The van der Waals surface area contributed by atoms with E-state index >= 15 is 0 Å². The highest BCUT2D eigenvalue weighted by atomic mass is 19.4. The molecule has 170 valence electrons. The van der Waals surface area contributed by atoms with Gasteiger partial charge in [0, 0.05) is 30.9 Å².